The molecule has 4 nitrogen and oxygen atoms in total. The molecule has 1 aromatic heterocycles. The molecule has 0 saturated carbocycles. The largest absolute Gasteiger partial charge is 0.505 e. The van der Waals surface area contributed by atoms with Gasteiger partial charge in [-0.3, -0.25) is 0 Å². The van der Waals surface area contributed by atoms with E-state index in [0.717, 1.165) is 0 Å². The molecule has 0 bridgehead atoms. The first kappa shape index (κ1) is 7.04. The summed E-state index contributed by atoms with van der Waals surface area (Å²) in [4.78, 5) is 7.26. The molecule has 0 unspecified atom stereocenters. The Bertz CT molecular complexity index is 339. The Kier molecular flexibility index (Phi) is 2.04. The lowest BCUT2D eigenvalue weighted by Gasteiger charge is -1.87. The van der Waals surface area contributed by atoms with E-state index in [0.29, 0.717) is 0 Å². The minimum atomic E-state index is -0.0208. The molecule has 4 heteroatoms. The monoisotopic (exact) mass is 145 g/mol. The van der Waals surface area contributed by atoms with Crippen LogP contribution in [0.4, 0.5) is 0 Å². The van der Waals surface area contributed by atoms with E-state index in [1.54, 1.807) is 6.07 Å². The molecule has 0 fully saturated rings. The maximum Gasteiger partial charge on any atom is 0.206 e. The summed E-state index contributed by atoms with van der Waals surface area (Å²) >= 11 is 0. The molecule has 1 aromatic rings. The number of hydrogen-bond donors (Lipinski definition) is 1. The van der Waals surface area contributed by atoms with Gasteiger partial charge in [0.2, 0.25) is 5.82 Å². The molecular weight excluding hydrogens is 142 g/mol. The first-order valence-electron chi connectivity index (χ1n) is 2.74. The number of rotatable bonds is 0. The van der Waals surface area contributed by atoms with Gasteiger partial charge in [0.05, 0.1) is 12.4 Å². The molecule has 0 radical (unpaired) electrons. The standard InChI is InChI=1S/C7H3N3O/c8-3-1-2-7-9-4-6(11)5-10-7/h4-5,11H. The Morgan fingerprint density at radius 3 is 2.55 bits per heavy atom. The van der Waals surface area contributed by atoms with Crippen molar-refractivity contribution in [3.8, 4) is 23.7 Å². The fourth-order valence-electron chi connectivity index (χ4n) is 0.470. The number of hydrogen-bond acceptors (Lipinski definition) is 4. The van der Waals surface area contributed by atoms with E-state index in [-0.39, 0.29) is 11.6 Å². The molecule has 1 heterocycles. The second-order valence-corrected chi connectivity index (χ2v) is 1.63. The number of aromatic nitrogens is 2. The zero-order valence-electron chi connectivity index (χ0n) is 5.44. The van der Waals surface area contributed by atoms with E-state index in [2.05, 4.69) is 21.8 Å². The highest BCUT2D eigenvalue weighted by atomic mass is 16.3. The van der Waals surface area contributed by atoms with Crippen LogP contribution in [0.25, 0.3) is 0 Å². The van der Waals surface area contributed by atoms with Crippen molar-refractivity contribution in [1.29, 1.82) is 5.26 Å². The molecular formula is C7H3N3O. The van der Waals surface area contributed by atoms with Crippen molar-refractivity contribution in [2.45, 2.75) is 0 Å². The SMILES string of the molecule is N#CC#Cc1ncc(O)cn1. The second-order valence-electron chi connectivity index (χ2n) is 1.63. The van der Waals surface area contributed by atoms with Crippen LogP contribution in [0.3, 0.4) is 0 Å². The van der Waals surface area contributed by atoms with Crippen LogP contribution in [0.5, 0.6) is 5.75 Å². The van der Waals surface area contributed by atoms with Crippen molar-refractivity contribution in [3.05, 3.63) is 18.2 Å². The molecule has 0 atom stereocenters. The van der Waals surface area contributed by atoms with Crippen LogP contribution in [-0.4, -0.2) is 15.1 Å². The van der Waals surface area contributed by atoms with Gasteiger partial charge in [-0.15, -0.1) is 0 Å². The van der Waals surface area contributed by atoms with Gasteiger partial charge in [-0.05, 0) is 5.92 Å². The van der Waals surface area contributed by atoms with Gasteiger partial charge in [0.1, 0.15) is 0 Å². The smallest absolute Gasteiger partial charge is 0.206 e. The minimum absolute atomic E-state index is 0.0208. The highest BCUT2D eigenvalue weighted by Gasteiger charge is 1.89. The summed E-state index contributed by atoms with van der Waals surface area (Å²) in [7, 11) is 0. The van der Waals surface area contributed by atoms with E-state index in [4.69, 9.17) is 10.4 Å². The fraction of sp³-hybridized carbons (Fsp3) is 0. The maximum atomic E-state index is 8.74. The van der Waals surface area contributed by atoms with Crippen molar-refractivity contribution in [1.82, 2.24) is 9.97 Å². The van der Waals surface area contributed by atoms with Crippen molar-refractivity contribution in [2.75, 3.05) is 0 Å². The maximum absolute atomic E-state index is 8.74. The first-order chi connectivity index (χ1) is 5.33. The fourth-order valence-corrected chi connectivity index (χ4v) is 0.470. The predicted molar refractivity (Wildman–Crippen MR) is 36.2 cm³/mol. The average molecular weight is 145 g/mol. The average Bonchev–Trinajstić information content (AvgIpc) is 2.04. The predicted octanol–water partition coefficient (Wildman–Crippen LogP) is 0.0573. The Hall–Kier alpha value is -2.07. The summed E-state index contributed by atoms with van der Waals surface area (Å²) in [5.41, 5.74) is 0. The third-order valence-corrected chi connectivity index (χ3v) is 0.868. The van der Waals surface area contributed by atoms with Crippen LogP contribution >= 0.6 is 0 Å². The summed E-state index contributed by atoms with van der Waals surface area (Å²) in [5.74, 6) is 4.72. The molecule has 0 aliphatic heterocycles. The van der Waals surface area contributed by atoms with Gasteiger partial charge >= 0.3 is 0 Å². The summed E-state index contributed by atoms with van der Waals surface area (Å²) in [6.07, 6.45) is 2.43. The lowest BCUT2D eigenvalue weighted by atomic mass is 10.5. The Morgan fingerprint density at radius 2 is 2.00 bits per heavy atom. The lowest BCUT2D eigenvalue weighted by Crippen LogP contribution is -1.85. The third kappa shape index (κ3) is 1.96. The zero-order valence-corrected chi connectivity index (χ0v) is 5.44. The topological polar surface area (TPSA) is 69.8 Å². The van der Waals surface area contributed by atoms with Crippen LogP contribution in [0.1, 0.15) is 5.82 Å². The second kappa shape index (κ2) is 3.19. The van der Waals surface area contributed by atoms with Gasteiger partial charge in [0.15, 0.2) is 11.8 Å². The number of nitriles is 1. The zero-order chi connectivity index (χ0) is 8.10. The summed E-state index contributed by atoms with van der Waals surface area (Å²) in [6.45, 7) is 0. The van der Waals surface area contributed by atoms with E-state index in [9.17, 15) is 0 Å². The van der Waals surface area contributed by atoms with Crippen molar-refractivity contribution < 1.29 is 5.11 Å². The van der Waals surface area contributed by atoms with Crippen LogP contribution in [0.15, 0.2) is 12.4 Å². The summed E-state index contributed by atoms with van der Waals surface area (Å²) in [6, 6.07) is 1.63. The first-order valence-corrected chi connectivity index (χ1v) is 2.74. The van der Waals surface area contributed by atoms with Crippen molar-refractivity contribution in [3.63, 3.8) is 0 Å². The summed E-state index contributed by atoms with van der Waals surface area (Å²) < 4.78 is 0. The Labute approximate surface area is 63.2 Å². The van der Waals surface area contributed by atoms with Crippen LogP contribution < -0.4 is 0 Å². The van der Waals surface area contributed by atoms with Crippen molar-refractivity contribution >= 4 is 0 Å². The minimum Gasteiger partial charge on any atom is -0.505 e. The van der Waals surface area contributed by atoms with Crippen molar-refractivity contribution in [2.24, 2.45) is 0 Å². The Morgan fingerprint density at radius 1 is 1.36 bits per heavy atom. The lowest BCUT2D eigenvalue weighted by molar-refractivity contribution is 0.469. The molecule has 11 heavy (non-hydrogen) atoms. The van der Waals surface area contributed by atoms with Gasteiger partial charge in [0, 0.05) is 5.92 Å². The van der Waals surface area contributed by atoms with Gasteiger partial charge in [-0.1, -0.05) is 0 Å². The quantitative estimate of drug-likeness (QED) is 0.524. The van der Waals surface area contributed by atoms with E-state index in [1.807, 2.05) is 0 Å². The van der Waals surface area contributed by atoms with Gasteiger partial charge < -0.3 is 5.11 Å². The summed E-state index contributed by atoms with van der Waals surface area (Å²) in [5, 5.41) is 16.8. The van der Waals surface area contributed by atoms with Crippen LogP contribution in [0, 0.1) is 23.2 Å². The highest BCUT2D eigenvalue weighted by Crippen LogP contribution is 2.00. The molecule has 0 aliphatic carbocycles. The number of nitrogens with zero attached hydrogens (tertiary/aromatic N) is 3. The molecule has 0 aromatic carbocycles. The molecule has 0 aliphatic rings. The molecule has 0 amide bonds. The van der Waals surface area contributed by atoms with E-state index >= 15 is 0 Å². The number of aromatic hydroxyl groups is 1. The highest BCUT2D eigenvalue weighted by molar-refractivity contribution is 5.28. The van der Waals surface area contributed by atoms with E-state index < -0.39 is 0 Å². The van der Waals surface area contributed by atoms with Gasteiger partial charge in [-0.2, -0.15) is 5.26 Å². The Balaban J connectivity index is 2.93. The third-order valence-electron chi connectivity index (χ3n) is 0.868. The van der Waals surface area contributed by atoms with E-state index in [1.165, 1.54) is 12.4 Å². The molecule has 1 N–H and O–H groups in total. The molecule has 0 saturated heterocycles. The van der Waals surface area contributed by atoms with Gasteiger partial charge in [0.25, 0.3) is 0 Å². The molecule has 0 spiro atoms. The normalized spacial score (nSPS) is 7.55. The van der Waals surface area contributed by atoms with Gasteiger partial charge in [-0.25, -0.2) is 9.97 Å². The van der Waals surface area contributed by atoms with Crippen LogP contribution in [-0.2, 0) is 0 Å². The van der Waals surface area contributed by atoms with Crippen LogP contribution in [0.2, 0.25) is 0 Å². The molecule has 1 rings (SSSR count). The molecule has 52 valence electrons.